The lowest BCUT2D eigenvalue weighted by Gasteiger charge is -2.22. The van der Waals surface area contributed by atoms with Gasteiger partial charge in [-0.25, -0.2) is 13.1 Å². The second kappa shape index (κ2) is 8.69. The Bertz CT molecular complexity index is 735. The van der Waals surface area contributed by atoms with E-state index in [0.717, 1.165) is 32.1 Å². The van der Waals surface area contributed by atoms with Crippen LogP contribution < -0.4 is 10.5 Å². The maximum absolute atomic E-state index is 12.8. The Morgan fingerprint density at radius 2 is 2.00 bits per heavy atom. The highest BCUT2D eigenvalue weighted by molar-refractivity contribution is 7.89. The molecular formula is C18H28ClN3O3S. The van der Waals surface area contributed by atoms with Gasteiger partial charge in [0, 0.05) is 24.2 Å². The molecule has 3 N–H and O–H groups in total. The SMILES string of the molecule is CC1CC(CN)CN1C(=O)c1cccc(S(=O)(=O)NC2CCCC2)c1.Cl. The quantitative estimate of drug-likeness (QED) is 0.790. The van der Waals surface area contributed by atoms with Crippen LogP contribution in [0.25, 0.3) is 0 Å². The molecule has 1 saturated carbocycles. The van der Waals surface area contributed by atoms with Gasteiger partial charge in [0.25, 0.3) is 5.91 Å². The average molecular weight is 402 g/mol. The van der Waals surface area contributed by atoms with Gasteiger partial charge in [-0.05, 0) is 56.8 Å². The number of hydrogen-bond donors (Lipinski definition) is 2. The van der Waals surface area contributed by atoms with Crippen molar-refractivity contribution < 1.29 is 13.2 Å². The zero-order valence-electron chi connectivity index (χ0n) is 15.1. The van der Waals surface area contributed by atoms with Crippen molar-refractivity contribution in [2.45, 2.75) is 56.0 Å². The smallest absolute Gasteiger partial charge is 0.254 e. The summed E-state index contributed by atoms with van der Waals surface area (Å²) in [5.74, 6) is 0.191. The number of rotatable bonds is 5. The van der Waals surface area contributed by atoms with Gasteiger partial charge in [0.1, 0.15) is 0 Å². The number of amides is 1. The van der Waals surface area contributed by atoms with Crippen molar-refractivity contribution >= 4 is 28.3 Å². The third-order valence-corrected chi connectivity index (χ3v) is 6.84. The Morgan fingerprint density at radius 3 is 2.62 bits per heavy atom. The number of nitrogens with one attached hydrogen (secondary N) is 1. The van der Waals surface area contributed by atoms with Gasteiger partial charge in [-0.1, -0.05) is 18.9 Å². The largest absolute Gasteiger partial charge is 0.336 e. The van der Waals surface area contributed by atoms with Gasteiger partial charge in [-0.2, -0.15) is 0 Å². The van der Waals surface area contributed by atoms with Crippen molar-refractivity contribution in [3.63, 3.8) is 0 Å². The van der Waals surface area contributed by atoms with Gasteiger partial charge in [-0.15, -0.1) is 12.4 Å². The van der Waals surface area contributed by atoms with Gasteiger partial charge >= 0.3 is 0 Å². The number of halogens is 1. The van der Waals surface area contributed by atoms with E-state index in [0.29, 0.717) is 24.6 Å². The van der Waals surface area contributed by atoms with Crippen LogP contribution in [-0.2, 0) is 10.0 Å². The Morgan fingerprint density at radius 1 is 1.31 bits per heavy atom. The molecule has 0 bridgehead atoms. The van der Waals surface area contributed by atoms with Crippen LogP contribution in [0.1, 0.15) is 49.4 Å². The number of hydrogen-bond acceptors (Lipinski definition) is 4. The van der Waals surface area contributed by atoms with Crippen LogP contribution in [0.2, 0.25) is 0 Å². The molecule has 26 heavy (non-hydrogen) atoms. The predicted molar refractivity (Wildman–Crippen MR) is 104 cm³/mol. The summed E-state index contributed by atoms with van der Waals surface area (Å²) >= 11 is 0. The molecule has 1 saturated heterocycles. The van der Waals surface area contributed by atoms with E-state index in [-0.39, 0.29) is 35.3 Å². The molecule has 2 unspecified atom stereocenters. The third kappa shape index (κ3) is 4.57. The number of nitrogens with zero attached hydrogens (tertiary/aromatic N) is 1. The molecule has 0 aromatic heterocycles. The molecule has 1 aliphatic carbocycles. The highest BCUT2D eigenvalue weighted by Crippen LogP contribution is 2.25. The first-order chi connectivity index (χ1) is 11.9. The van der Waals surface area contributed by atoms with E-state index in [4.69, 9.17) is 5.73 Å². The van der Waals surface area contributed by atoms with Gasteiger partial charge < -0.3 is 10.6 Å². The molecule has 6 nitrogen and oxygen atoms in total. The van der Waals surface area contributed by atoms with Gasteiger partial charge in [0.15, 0.2) is 0 Å². The van der Waals surface area contributed by atoms with E-state index in [9.17, 15) is 13.2 Å². The fourth-order valence-corrected chi connectivity index (χ4v) is 5.24. The predicted octanol–water partition coefficient (Wildman–Crippen LogP) is 2.14. The molecular weight excluding hydrogens is 374 g/mol. The lowest BCUT2D eigenvalue weighted by Crippen LogP contribution is -2.35. The second-order valence-corrected chi connectivity index (χ2v) is 8.99. The molecule has 146 valence electrons. The molecule has 1 aromatic carbocycles. The van der Waals surface area contributed by atoms with Crippen LogP contribution in [0.3, 0.4) is 0 Å². The third-order valence-electron chi connectivity index (χ3n) is 5.32. The first-order valence-corrected chi connectivity index (χ1v) is 10.5. The van der Waals surface area contributed by atoms with E-state index in [1.54, 1.807) is 23.1 Å². The van der Waals surface area contributed by atoms with Crippen LogP contribution in [0, 0.1) is 5.92 Å². The summed E-state index contributed by atoms with van der Waals surface area (Å²) in [5, 5.41) is 0. The molecule has 3 rings (SSSR count). The van der Waals surface area contributed by atoms with Crippen molar-refractivity contribution in [2.75, 3.05) is 13.1 Å². The van der Waals surface area contributed by atoms with E-state index in [1.807, 2.05) is 6.92 Å². The number of carbonyl (C=O) groups is 1. The monoisotopic (exact) mass is 401 g/mol. The minimum absolute atomic E-state index is 0. The molecule has 0 spiro atoms. The van der Waals surface area contributed by atoms with E-state index >= 15 is 0 Å². The van der Waals surface area contributed by atoms with Crippen LogP contribution >= 0.6 is 12.4 Å². The summed E-state index contributed by atoms with van der Waals surface area (Å²) in [6, 6.07) is 6.48. The van der Waals surface area contributed by atoms with Crippen LogP contribution in [0.15, 0.2) is 29.2 Å². The average Bonchev–Trinajstić information content (AvgIpc) is 3.23. The lowest BCUT2D eigenvalue weighted by molar-refractivity contribution is 0.0743. The van der Waals surface area contributed by atoms with Crippen LogP contribution in [-0.4, -0.2) is 44.4 Å². The molecule has 8 heteroatoms. The van der Waals surface area contributed by atoms with Crippen LogP contribution in [0.5, 0.6) is 0 Å². The fraction of sp³-hybridized carbons (Fsp3) is 0.611. The number of carbonyl (C=O) groups excluding carboxylic acids is 1. The fourth-order valence-electron chi connectivity index (χ4n) is 3.89. The molecule has 1 aliphatic heterocycles. The normalized spacial score (nSPS) is 23.8. The van der Waals surface area contributed by atoms with E-state index < -0.39 is 10.0 Å². The maximum atomic E-state index is 12.8. The lowest BCUT2D eigenvalue weighted by atomic mass is 10.1. The summed E-state index contributed by atoms with van der Waals surface area (Å²) < 4.78 is 28.0. The van der Waals surface area contributed by atoms with Gasteiger partial charge in [0.05, 0.1) is 4.90 Å². The summed E-state index contributed by atoms with van der Waals surface area (Å²) in [7, 11) is -3.59. The zero-order chi connectivity index (χ0) is 18.0. The minimum Gasteiger partial charge on any atom is -0.336 e. The Kier molecular flexibility index (Phi) is 7.07. The zero-order valence-corrected chi connectivity index (χ0v) is 16.7. The molecule has 1 heterocycles. The highest BCUT2D eigenvalue weighted by atomic mass is 35.5. The summed E-state index contributed by atoms with van der Waals surface area (Å²) in [5.41, 5.74) is 6.15. The minimum atomic E-state index is -3.59. The molecule has 1 aromatic rings. The Balaban J connectivity index is 0.00000243. The van der Waals surface area contributed by atoms with Crippen molar-refractivity contribution in [3.8, 4) is 0 Å². The van der Waals surface area contributed by atoms with Gasteiger partial charge in [-0.3, -0.25) is 4.79 Å². The highest BCUT2D eigenvalue weighted by Gasteiger charge is 2.32. The van der Waals surface area contributed by atoms with E-state index in [2.05, 4.69) is 4.72 Å². The molecule has 2 atom stereocenters. The number of benzene rings is 1. The Labute approximate surface area is 162 Å². The first kappa shape index (κ1) is 21.2. The summed E-state index contributed by atoms with van der Waals surface area (Å²) in [4.78, 5) is 14.8. The molecule has 1 amide bonds. The topological polar surface area (TPSA) is 92.5 Å². The molecule has 0 radical (unpaired) electrons. The van der Waals surface area contributed by atoms with Crippen molar-refractivity contribution in [1.29, 1.82) is 0 Å². The summed E-state index contributed by atoms with van der Waals surface area (Å²) in [6.45, 7) is 3.21. The molecule has 2 aliphatic rings. The number of likely N-dealkylation sites (tertiary alicyclic amines) is 1. The first-order valence-electron chi connectivity index (χ1n) is 9.04. The second-order valence-electron chi connectivity index (χ2n) is 7.27. The number of sulfonamides is 1. The van der Waals surface area contributed by atoms with Crippen molar-refractivity contribution in [2.24, 2.45) is 11.7 Å². The van der Waals surface area contributed by atoms with Crippen molar-refractivity contribution in [1.82, 2.24) is 9.62 Å². The summed E-state index contributed by atoms with van der Waals surface area (Å²) in [6.07, 6.45) is 4.76. The number of nitrogens with two attached hydrogens (primary N) is 1. The van der Waals surface area contributed by atoms with Gasteiger partial charge in [0.2, 0.25) is 10.0 Å². The van der Waals surface area contributed by atoms with E-state index in [1.165, 1.54) is 6.07 Å². The van der Waals surface area contributed by atoms with Crippen molar-refractivity contribution in [3.05, 3.63) is 29.8 Å². The Hall–Kier alpha value is -1.15. The van der Waals surface area contributed by atoms with Crippen LogP contribution in [0.4, 0.5) is 0 Å². The standard InChI is InChI=1S/C18H27N3O3S.ClH/c1-13-9-14(11-19)12-21(13)18(22)15-5-4-8-17(10-15)25(23,24)20-16-6-2-3-7-16;/h4-5,8,10,13-14,16,20H,2-3,6-7,9,11-12,19H2,1H3;1H. The maximum Gasteiger partial charge on any atom is 0.254 e. The molecule has 2 fully saturated rings.